The van der Waals surface area contributed by atoms with E-state index in [0.29, 0.717) is 6.54 Å². The van der Waals surface area contributed by atoms with E-state index in [1.54, 1.807) is 7.11 Å². The van der Waals surface area contributed by atoms with Gasteiger partial charge in [0.1, 0.15) is 5.75 Å². The number of guanidine groups is 1. The van der Waals surface area contributed by atoms with Crippen molar-refractivity contribution in [2.45, 2.75) is 19.6 Å². The maximum atomic E-state index is 5.77. The van der Waals surface area contributed by atoms with E-state index in [9.17, 15) is 0 Å². The number of nitrogens with zero attached hydrogens (tertiary/aromatic N) is 2. The number of rotatable bonds is 6. The zero-order chi connectivity index (χ0) is 16.5. The van der Waals surface area contributed by atoms with Gasteiger partial charge in [-0.1, -0.05) is 12.1 Å². The summed E-state index contributed by atoms with van der Waals surface area (Å²) in [7, 11) is 3.80. The molecule has 1 aromatic rings. The van der Waals surface area contributed by atoms with Crippen LogP contribution in [0.2, 0.25) is 0 Å². The van der Waals surface area contributed by atoms with Crippen molar-refractivity contribution in [3.63, 3.8) is 0 Å². The lowest BCUT2D eigenvalue weighted by atomic mass is 10.2. The molecule has 2 N–H and O–H groups in total. The summed E-state index contributed by atoms with van der Waals surface area (Å²) < 4.78 is 11.0. The van der Waals surface area contributed by atoms with E-state index in [1.807, 2.05) is 18.2 Å². The van der Waals surface area contributed by atoms with Crippen LogP contribution >= 0.6 is 0 Å². The minimum Gasteiger partial charge on any atom is -0.497 e. The van der Waals surface area contributed by atoms with Crippen LogP contribution in [0.4, 0.5) is 0 Å². The molecule has 0 aromatic heterocycles. The summed E-state index contributed by atoms with van der Waals surface area (Å²) in [4.78, 5) is 6.92. The molecular weight excluding hydrogens is 292 g/mol. The number of hydrogen-bond acceptors (Lipinski definition) is 4. The van der Waals surface area contributed by atoms with Crippen LogP contribution in [-0.4, -0.2) is 63.9 Å². The molecule has 0 spiro atoms. The van der Waals surface area contributed by atoms with Crippen LogP contribution in [0, 0.1) is 0 Å². The Morgan fingerprint density at radius 1 is 1.43 bits per heavy atom. The van der Waals surface area contributed by atoms with Gasteiger partial charge >= 0.3 is 0 Å². The molecule has 1 unspecified atom stereocenters. The summed E-state index contributed by atoms with van der Waals surface area (Å²) in [6.45, 7) is 7.00. The summed E-state index contributed by atoms with van der Waals surface area (Å²) in [5.74, 6) is 1.67. The lowest BCUT2D eigenvalue weighted by Gasteiger charge is -2.30. The predicted octanol–water partition coefficient (Wildman–Crippen LogP) is 1.08. The number of methoxy groups -OCH3 is 1. The van der Waals surface area contributed by atoms with Gasteiger partial charge in [0.2, 0.25) is 0 Å². The molecule has 1 fully saturated rings. The Hall–Kier alpha value is -1.79. The second kappa shape index (κ2) is 9.37. The topological polar surface area (TPSA) is 58.1 Å². The van der Waals surface area contributed by atoms with Crippen molar-refractivity contribution in [3.8, 4) is 5.75 Å². The summed E-state index contributed by atoms with van der Waals surface area (Å²) in [5.41, 5.74) is 1.12. The molecule has 6 heteroatoms. The molecule has 23 heavy (non-hydrogen) atoms. The molecule has 1 saturated heterocycles. The fourth-order valence-electron chi connectivity index (χ4n) is 2.48. The molecule has 128 valence electrons. The largest absolute Gasteiger partial charge is 0.497 e. The molecule has 1 aromatic carbocycles. The van der Waals surface area contributed by atoms with Crippen molar-refractivity contribution in [1.29, 1.82) is 0 Å². The number of ether oxygens (including phenoxy) is 2. The lowest BCUT2D eigenvalue weighted by molar-refractivity contribution is -0.0161. The van der Waals surface area contributed by atoms with Crippen molar-refractivity contribution in [3.05, 3.63) is 29.8 Å². The zero-order valence-corrected chi connectivity index (χ0v) is 14.3. The molecule has 0 bridgehead atoms. The van der Waals surface area contributed by atoms with E-state index in [0.717, 1.165) is 50.1 Å². The van der Waals surface area contributed by atoms with Crippen LogP contribution in [0.1, 0.15) is 12.5 Å². The Labute approximate surface area is 138 Å². The first-order chi connectivity index (χ1) is 11.2. The maximum Gasteiger partial charge on any atom is 0.191 e. The van der Waals surface area contributed by atoms with Crippen molar-refractivity contribution in [2.24, 2.45) is 4.99 Å². The van der Waals surface area contributed by atoms with Gasteiger partial charge in [-0.25, -0.2) is 4.99 Å². The highest BCUT2D eigenvalue weighted by Crippen LogP contribution is 2.13. The molecule has 0 radical (unpaired) electrons. The molecule has 2 rings (SSSR count). The van der Waals surface area contributed by atoms with Crippen LogP contribution in [0.3, 0.4) is 0 Å². The van der Waals surface area contributed by atoms with Crippen LogP contribution in [0.5, 0.6) is 5.75 Å². The molecule has 1 aliphatic heterocycles. The fourth-order valence-corrected chi connectivity index (χ4v) is 2.48. The molecule has 0 amide bonds. The molecule has 0 saturated carbocycles. The van der Waals surface area contributed by atoms with E-state index in [4.69, 9.17) is 9.47 Å². The first-order valence-corrected chi connectivity index (χ1v) is 8.16. The summed E-state index contributed by atoms with van der Waals surface area (Å²) in [5, 5.41) is 6.64. The van der Waals surface area contributed by atoms with Crippen LogP contribution in [0.25, 0.3) is 0 Å². The molecule has 1 heterocycles. The van der Waals surface area contributed by atoms with Crippen molar-refractivity contribution in [1.82, 2.24) is 15.5 Å². The van der Waals surface area contributed by atoms with Gasteiger partial charge in [0, 0.05) is 26.2 Å². The predicted molar refractivity (Wildman–Crippen MR) is 93.0 cm³/mol. The van der Waals surface area contributed by atoms with E-state index >= 15 is 0 Å². The quantitative estimate of drug-likeness (QED) is 0.607. The van der Waals surface area contributed by atoms with E-state index in [1.165, 1.54) is 0 Å². The van der Waals surface area contributed by atoms with Gasteiger partial charge in [0.05, 0.1) is 26.4 Å². The number of nitrogens with one attached hydrogen (secondary N) is 2. The standard InChI is InChI=1S/C17H28N4O2/c1-4-18-17(20-12-16-13-21(2)8-9-23-16)19-11-14-6-5-7-15(10-14)22-3/h5-7,10,16H,4,8-9,11-13H2,1-3H3,(H2,18,19,20). The minimum atomic E-state index is 0.203. The highest BCUT2D eigenvalue weighted by molar-refractivity contribution is 5.79. The number of aliphatic imine (C=N–C) groups is 1. The van der Waals surface area contributed by atoms with Gasteiger partial charge in [-0.2, -0.15) is 0 Å². The molecule has 6 nitrogen and oxygen atoms in total. The van der Waals surface area contributed by atoms with Crippen molar-refractivity contribution in [2.75, 3.05) is 46.9 Å². The smallest absolute Gasteiger partial charge is 0.191 e. The number of morpholine rings is 1. The normalized spacial score (nSPS) is 19.4. The third-order valence-corrected chi connectivity index (χ3v) is 3.74. The fraction of sp³-hybridized carbons (Fsp3) is 0.588. The second-order valence-electron chi connectivity index (χ2n) is 5.68. The first-order valence-electron chi connectivity index (χ1n) is 8.16. The van der Waals surface area contributed by atoms with Crippen LogP contribution < -0.4 is 15.4 Å². The Morgan fingerprint density at radius 2 is 2.30 bits per heavy atom. The van der Waals surface area contributed by atoms with Gasteiger partial charge < -0.3 is 25.0 Å². The van der Waals surface area contributed by atoms with Crippen molar-refractivity contribution >= 4 is 5.96 Å². The number of hydrogen-bond donors (Lipinski definition) is 2. The number of benzene rings is 1. The lowest BCUT2D eigenvalue weighted by Crippen LogP contribution is -2.48. The molecular formula is C17H28N4O2. The van der Waals surface area contributed by atoms with Crippen molar-refractivity contribution < 1.29 is 9.47 Å². The molecule has 1 atom stereocenters. The monoisotopic (exact) mass is 320 g/mol. The van der Waals surface area contributed by atoms with Crippen LogP contribution in [-0.2, 0) is 11.3 Å². The van der Waals surface area contributed by atoms with Gasteiger partial charge in [-0.15, -0.1) is 0 Å². The summed E-state index contributed by atoms with van der Waals surface area (Å²) in [6, 6.07) is 7.98. The highest BCUT2D eigenvalue weighted by Gasteiger charge is 2.17. The SMILES string of the molecule is CCNC(=NCc1cccc(OC)c1)NCC1CN(C)CCO1. The Morgan fingerprint density at radius 3 is 3.04 bits per heavy atom. The zero-order valence-electron chi connectivity index (χ0n) is 14.3. The van der Waals surface area contributed by atoms with Gasteiger partial charge in [0.15, 0.2) is 5.96 Å². The van der Waals surface area contributed by atoms with Crippen LogP contribution in [0.15, 0.2) is 29.3 Å². The Bertz CT molecular complexity index is 507. The maximum absolute atomic E-state index is 5.77. The Balaban J connectivity index is 1.88. The highest BCUT2D eigenvalue weighted by atomic mass is 16.5. The third-order valence-electron chi connectivity index (χ3n) is 3.74. The van der Waals surface area contributed by atoms with E-state index < -0.39 is 0 Å². The average molecular weight is 320 g/mol. The van der Waals surface area contributed by atoms with Gasteiger partial charge in [-0.3, -0.25) is 0 Å². The number of likely N-dealkylation sites (N-methyl/N-ethyl adjacent to an activating group) is 1. The summed E-state index contributed by atoms with van der Waals surface area (Å²) >= 11 is 0. The average Bonchev–Trinajstić information content (AvgIpc) is 2.57. The third kappa shape index (κ3) is 6.08. The Kier molecular flexibility index (Phi) is 7.16. The van der Waals surface area contributed by atoms with Gasteiger partial charge in [-0.05, 0) is 31.7 Å². The summed E-state index contributed by atoms with van der Waals surface area (Å²) in [6.07, 6.45) is 0.203. The molecule has 0 aliphatic carbocycles. The minimum absolute atomic E-state index is 0.203. The van der Waals surface area contributed by atoms with E-state index in [2.05, 4.69) is 40.6 Å². The van der Waals surface area contributed by atoms with E-state index in [-0.39, 0.29) is 6.10 Å². The molecule has 1 aliphatic rings. The van der Waals surface area contributed by atoms with Gasteiger partial charge in [0.25, 0.3) is 0 Å². The second-order valence-corrected chi connectivity index (χ2v) is 5.68. The first kappa shape index (κ1) is 17.6.